The molecule has 0 unspecified atom stereocenters. The van der Waals surface area contributed by atoms with Crippen molar-refractivity contribution in [3.05, 3.63) is 70.5 Å². The van der Waals surface area contributed by atoms with Crippen LogP contribution in [0.25, 0.3) is 0 Å². The van der Waals surface area contributed by atoms with Gasteiger partial charge in [-0.05, 0) is 25.1 Å². The highest BCUT2D eigenvalue weighted by Gasteiger charge is 2.27. The van der Waals surface area contributed by atoms with Crippen molar-refractivity contribution in [1.82, 2.24) is 10.6 Å². The van der Waals surface area contributed by atoms with E-state index in [9.17, 15) is 18.8 Å². The third-order valence-electron chi connectivity index (χ3n) is 3.29. The molecule has 6 nitrogen and oxygen atoms in total. The molecule has 2 rings (SSSR count). The Labute approximate surface area is 154 Å². The second-order valence-corrected chi connectivity index (χ2v) is 5.58. The standard InChI is InChI=1S/C18H16ClFN2O4/c1-2-21-18(25)22-16(23)15(11-6-4-3-5-7-11)26-17(24)13-9-8-12(20)10-14(13)19/h3-10,15H,2H2,1H3,(H2,21,22,23,25)/t15-/m1/s1. The number of amides is 3. The van der Waals surface area contributed by atoms with Crippen LogP contribution in [0.5, 0.6) is 0 Å². The van der Waals surface area contributed by atoms with Gasteiger partial charge in [0, 0.05) is 12.1 Å². The summed E-state index contributed by atoms with van der Waals surface area (Å²) in [5.74, 6) is -2.36. The molecule has 2 N–H and O–H groups in total. The van der Waals surface area contributed by atoms with Gasteiger partial charge < -0.3 is 10.1 Å². The number of rotatable bonds is 5. The van der Waals surface area contributed by atoms with Gasteiger partial charge in [-0.2, -0.15) is 0 Å². The number of urea groups is 1. The van der Waals surface area contributed by atoms with Crippen LogP contribution in [0.2, 0.25) is 5.02 Å². The minimum atomic E-state index is -1.38. The molecule has 0 fully saturated rings. The Balaban J connectivity index is 2.25. The van der Waals surface area contributed by atoms with Crippen molar-refractivity contribution in [2.75, 3.05) is 6.54 Å². The third kappa shape index (κ3) is 5.03. The molecule has 1 atom stereocenters. The normalized spacial score (nSPS) is 11.3. The highest BCUT2D eigenvalue weighted by atomic mass is 35.5. The molecule has 0 saturated carbocycles. The molecule has 136 valence electrons. The van der Waals surface area contributed by atoms with Crippen molar-refractivity contribution in [3.63, 3.8) is 0 Å². The van der Waals surface area contributed by atoms with Crippen LogP contribution in [0.4, 0.5) is 9.18 Å². The highest BCUT2D eigenvalue weighted by molar-refractivity contribution is 6.33. The number of nitrogens with one attached hydrogen (secondary N) is 2. The van der Waals surface area contributed by atoms with Gasteiger partial charge in [0.25, 0.3) is 5.91 Å². The van der Waals surface area contributed by atoms with E-state index < -0.39 is 29.8 Å². The van der Waals surface area contributed by atoms with E-state index in [1.54, 1.807) is 37.3 Å². The van der Waals surface area contributed by atoms with Crippen molar-refractivity contribution in [1.29, 1.82) is 0 Å². The second kappa shape index (κ2) is 8.96. The smallest absolute Gasteiger partial charge is 0.340 e. The summed E-state index contributed by atoms with van der Waals surface area (Å²) in [6.07, 6.45) is -1.38. The molecule has 26 heavy (non-hydrogen) atoms. The van der Waals surface area contributed by atoms with Gasteiger partial charge in [0.15, 0.2) is 0 Å². The van der Waals surface area contributed by atoms with Crippen LogP contribution in [0.3, 0.4) is 0 Å². The summed E-state index contributed by atoms with van der Waals surface area (Å²) in [6.45, 7) is 2.01. The molecule has 0 aliphatic carbocycles. The van der Waals surface area contributed by atoms with Crippen LogP contribution in [-0.2, 0) is 9.53 Å². The lowest BCUT2D eigenvalue weighted by atomic mass is 10.1. The number of hydrogen-bond acceptors (Lipinski definition) is 4. The lowest BCUT2D eigenvalue weighted by molar-refractivity contribution is -0.129. The zero-order chi connectivity index (χ0) is 19.1. The molecule has 8 heteroatoms. The predicted octanol–water partition coefficient (Wildman–Crippen LogP) is 3.22. The first kappa shape index (κ1) is 19.4. The fourth-order valence-corrected chi connectivity index (χ4v) is 2.35. The lowest BCUT2D eigenvalue weighted by Gasteiger charge is -2.18. The average Bonchev–Trinajstić information content (AvgIpc) is 2.60. The summed E-state index contributed by atoms with van der Waals surface area (Å²) in [7, 11) is 0. The third-order valence-corrected chi connectivity index (χ3v) is 3.60. The van der Waals surface area contributed by atoms with E-state index in [0.29, 0.717) is 12.1 Å². The highest BCUT2D eigenvalue weighted by Crippen LogP contribution is 2.23. The van der Waals surface area contributed by atoms with Gasteiger partial charge in [-0.1, -0.05) is 41.9 Å². The molecule has 0 aliphatic rings. The van der Waals surface area contributed by atoms with E-state index in [2.05, 4.69) is 10.6 Å². The van der Waals surface area contributed by atoms with Crippen LogP contribution >= 0.6 is 11.6 Å². The SMILES string of the molecule is CCNC(=O)NC(=O)[C@H](OC(=O)c1ccc(F)cc1Cl)c1ccccc1. The molecular weight excluding hydrogens is 363 g/mol. The largest absolute Gasteiger partial charge is 0.444 e. The van der Waals surface area contributed by atoms with E-state index in [0.717, 1.165) is 18.2 Å². The molecule has 2 aromatic rings. The van der Waals surface area contributed by atoms with Gasteiger partial charge in [-0.3, -0.25) is 10.1 Å². The van der Waals surface area contributed by atoms with Crippen LogP contribution in [0.1, 0.15) is 28.9 Å². The van der Waals surface area contributed by atoms with Gasteiger partial charge in [0.2, 0.25) is 6.10 Å². The minimum Gasteiger partial charge on any atom is -0.444 e. The number of imide groups is 1. The van der Waals surface area contributed by atoms with Crippen molar-refractivity contribution in [2.24, 2.45) is 0 Å². The number of carbonyl (C=O) groups excluding carboxylic acids is 3. The second-order valence-electron chi connectivity index (χ2n) is 5.17. The Morgan fingerprint density at radius 1 is 1.15 bits per heavy atom. The maximum absolute atomic E-state index is 13.1. The number of benzene rings is 2. The van der Waals surface area contributed by atoms with Gasteiger partial charge >= 0.3 is 12.0 Å². The Kier molecular flexibility index (Phi) is 6.68. The molecule has 0 saturated heterocycles. The number of halogens is 2. The molecule has 0 heterocycles. The van der Waals surface area contributed by atoms with Crippen molar-refractivity contribution < 1.29 is 23.5 Å². The summed E-state index contributed by atoms with van der Waals surface area (Å²) >= 11 is 5.85. The number of ether oxygens (including phenoxy) is 1. The molecule has 0 aromatic heterocycles. The molecule has 0 aliphatic heterocycles. The summed E-state index contributed by atoms with van der Waals surface area (Å²) in [5.41, 5.74) is 0.265. The van der Waals surface area contributed by atoms with E-state index in [1.165, 1.54) is 0 Å². The van der Waals surface area contributed by atoms with Crippen molar-refractivity contribution >= 4 is 29.5 Å². The Hall–Kier alpha value is -2.93. The Morgan fingerprint density at radius 3 is 2.46 bits per heavy atom. The van der Waals surface area contributed by atoms with Crippen molar-refractivity contribution in [3.8, 4) is 0 Å². The monoisotopic (exact) mass is 378 g/mol. The molecule has 0 bridgehead atoms. The maximum atomic E-state index is 13.1. The summed E-state index contributed by atoms with van der Waals surface area (Å²) in [6, 6.07) is 10.6. The predicted molar refractivity (Wildman–Crippen MR) is 93.2 cm³/mol. The molecule has 0 radical (unpaired) electrons. The first-order valence-electron chi connectivity index (χ1n) is 7.72. The van der Waals surface area contributed by atoms with E-state index in [-0.39, 0.29) is 10.6 Å². The Morgan fingerprint density at radius 2 is 1.85 bits per heavy atom. The Bertz CT molecular complexity index is 814. The number of carbonyl (C=O) groups is 3. The fourth-order valence-electron chi connectivity index (χ4n) is 2.11. The molecular formula is C18H16ClFN2O4. The molecule has 2 aromatic carbocycles. The zero-order valence-corrected chi connectivity index (χ0v) is 14.5. The van der Waals surface area contributed by atoms with Gasteiger partial charge in [-0.15, -0.1) is 0 Å². The quantitative estimate of drug-likeness (QED) is 0.782. The zero-order valence-electron chi connectivity index (χ0n) is 13.8. The minimum absolute atomic E-state index is 0.0974. The molecule has 0 spiro atoms. The fraction of sp³-hybridized carbons (Fsp3) is 0.167. The number of hydrogen-bond donors (Lipinski definition) is 2. The van der Waals surface area contributed by atoms with Crippen LogP contribution in [0, 0.1) is 5.82 Å². The topological polar surface area (TPSA) is 84.5 Å². The van der Waals surface area contributed by atoms with Crippen LogP contribution < -0.4 is 10.6 Å². The number of esters is 1. The summed E-state index contributed by atoms with van der Waals surface area (Å²) < 4.78 is 18.4. The van der Waals surface area contributed by atoms with Crippen molar-refractivity contribution in [2.45, 2.75) is 13.0 Å². The van der Waals surface area contributed by atoms with E-state index in [4.69, 9.17) is 16.3 Å². The van der Waals surface area contributed by atoms with Crippen LogP contribution in [-0.4, -0.2) is 24.5 Å². The molecule has 3 amide bonds. The van der Waals surface area contributed by atoms with E-state index >= 15 is 0 Å². The van der Waals surface area contributed by atoms with Crippen LogP contribution in [0.15, 0.2) is 48.5 Å². The summed E-state index contributed by atoms with van der Waals surface area (Å²) in [4.78, 5) is 36.3. The van der Waals surface area contributed by atoms with Gasteiger partial charge in [0.1, 0.15) is 5.82 Å². The van der Waals surface area contributed by atoms with Gasteiger partial charge in [0.05, 0.1) is 10.6 Å². The average molecular weight is 379 g/mol. The lowest BCUT2D eigenvalue weighted by Crippen LogP contribution is -2.42. The first-order chi connectivity index (χ1) is 12.4. The maximum Gasteiger partial charge on any atom is 0.340 e. The van der Waals surface area contributed by atoms with E-state index in [1.807, 2.05) is 0 Å². The summed E-state index contributed by atoms with van der Waals surface area (Å²) in [5, 5.41) is 4.36. The first-order valence-corrected chi connectivity index (χ1v) is 8.09. The van der Waals surface area contributed by atoms with Gasteiger partial charge in [-0.25, -0.2) is 14.0 Å².